The lowest BCUT2D eigenvalue weighted by molar-refractivity contribution is -0.127. The van der Waals surface area contributed by atoms with E-state index in [1.54, 1.807) is 0 Å². The number of amides is 1. The standard InChI is InChI=1S/C15H27NO2/c1-10(2)8-15(3,18)9-16-14(17)13-7-11-4-5-12(13)6-11/h10-13,18H,4-9H2,1-3H3,(H,16,17). The summed E-state index contributed by atoms with van der Waals surface area (Å²) in [5.41, 5.74) is -0.776. The zero-order valence-corrected chi connectivity index (χ0v) is 11.9. The Bertz CT molecular complexity index is 312. The zero-order chi connectivity index (χ0) is 13.3. The van der Waals surface area contributed by atoms with Crippen molar-refractivity contribution in [2.45, 2.75) is 58.5 Å². The van der Waals surface area contributed by atoms with Gasteiger partial charge in [-0.05, 0) is 50.4 Å². The predicted octanol–water partition coefficient (Wildman–Crippen LogP) is 2.34. The zero-order valence-electron chi connectivity index (χ0n) is 11.9. The summed E-state index contributed by atoms with van der Waals surface area (Å²) < 4.78 is 0. The molecule has 2 bridgehead atoms. The fourth-order valence-electron chi connectivity index (χ4n) is 3.93. The molecule has 2 aliphatic carbocycles. The molecule has 2 fully saturated rings. The molecule has 2 N–H and O–H groups in total. The van der Waals surface area contributed by atoms with Gasteiger partial charge in [-0.3, -0.25) is 4.79 Å². The first-order chi connectivity index (χ1) is 8.37. The van der Waals surface area contributed by atoms with Crippen molar-refractivity contribution in [1.82, 2.24) is 5.32 Å². The van der Waals surface area contributed by atoms with Crippen LogP contribution in [0.2, 0.25) is 0 Å². The number of fused-ring (bicyclic) bond motifs is 2. The van der Waals surface area contributed by atoms with Crippen LogP contribution < -0.4 is 5.32 Å². The Labute approximate surface area is 110 Å². The number of nitrogens with one attached hydrogen (secondary N) is 1. The molecule has 0 aromatic heterocycles. The summed E-state index contributed by atoms with van der Waals surface area (Å²) in [7, 11) is 0. The maximum absolute atomic E-state index is 12.1. The summed E-state index contributed by atoms with van der Waals surface area (Å²) in [4.78, 5) is 12.1. The van der Waals surface area contributed by atoms with Gasteiger partial charge in [0.2, 0.25) is 5.91 Å². The summed E-state index contributed by atoms with van der Waals surface area (Å²) in [5, 5.41) is 13.2. The van der Waals surface area contributed by atoms with E-state index in [0.717, 1.165) is 18.8 Å². The van der Waals surface area contributed by atoms with Gasteiger partial charge < -0.3 is 10.4 Å². The van der Waals surface area contributed by atoms with Gasteiger partial charge in [-0.2, -0.15) is 0 Å². The lowest BCUT2D eigenvalue weighted by atomic mass is 9.87. The van der Waals surface area contributed by atoms with Gasteiger partial charge in [0, 0.05) is 12.5 Å². The Morgan fingerprint density at radius 1 is 1.39 bits per heavy atom. The molecule has 0 saturated heterocycles. The Balaban J connectivity index is 1.78. The molecule has 0 heterocycles. The number of hydrogen-bond acceptors (Lipinski definition) is 2. The minimum absolute atomic E-state index is 0.172. The highest BCUT2D eigenvalue weighted by Crippen LogP contribution is 2.48. The average Bonchev–Trinajstić information content (AvgIpc) is 2.85. The first-order valence-corrected chi connectivity index (χ1v) is 7.37. The van der Waals surface area contributed by atoms with Crippen molar-refractivity contribution in [2.24, 2.45) is 23.7 Å². The van der Waals surface area contributed by atoms with Gasteiger partial charge >= 0.3 is 0 Å². The summed E-state index contributed by atoms with van der Waals surface area (Å²) in [5.74, 6) is 2.25. The van der Waals surface area contributed by atoms with Gasteiger partial charge in [0.1, 0.15) is 0 Å². The normalized spacial score (nSPS) is 33.7. The molecular formula is C15H27NO2. The smallest absolute Gasteiger partial charge is 0.223 e. The second-order valence-electron chi connectivity index (χ2n) is 7.09. The highest BCUT2D eigenvalue weighted by molar-refractivity contribution is 5.79. The topological polar surface area (TPSA) is 49.3 Å². The number of aliphatic hydroxyl groups is 1. The van der Waals surface area contributed by atoms with E-state index in [2.05, 4.69) is 19.2 Å². The second kappa shape index (κ2) is 5.20. The van der Waals surface area contributed by atoms with Crippen molar-refractivity contribution in [3.63, 3.8) is 0 Å². The van der Waals surface area contributed by atoms with Crippen LogP contribution in [-0.2, 0) is 4.79 Å². The van der Waals surface area contributed by atoms with E-state index >= 15 is 0 Å². The molecule has 4 unspecified atom stereocenters. The Morgan fingerprint density at radius 3 is 2.61 bits per heavy atom. The largest absolute Gasteiger partial charge is 0.388 e. The average molecular weight is 253 g/mol. The SMILES string of the molecule is CC(C)CC(C)(O)CNC(=O)C1CC2CCC1C2. The highest BCUT2D eigenvalue weighted by atomic mass is 16.3. The third kappa shape index (κ3) is 3.25. The molecule has 2 rings (SSSR count). The third-order valence-corrected chi connectivity index (χ3v) is 4.57. The van der Waals surface area contributed by atoms with Crippen LogP contribution in [0.4, 0.5) is 0 Å². The van der Waals surface area contributed by atoms with Crippen molar-refractivity contribution in [2.75, 3.05) is 6.54 Å². The molecule has 3 nitrogen and oxygen atoms in total. The Hall–Kier alpha value is -0.570. The molecule has 0 aliphatic heterocycles. The minimum Gasteiger partial charge on any atom is -0.388 e. The van der Waals surface area contributed by atoms with Gasteiger partial charge in [-0.1, -0.05) is 20.3 Å². The molecule has 2 aliphatic rings. The van der Waals surface area contributed by atoms with Crippen LogP contribution in [0.1, 0.15) is 52.9 Å². The van der Waals surface area contributed by atoms with Gasteiger partial charge in [0.15, 0.2) is 0 Å². The maximum atomic E-state index is 12.1. The van der Waals surface area contributed by atoms with E-state index in [1.807, 2.05) is 6.92 Å². The van der Waals surface area contributed by atoms with Crippen molar-refractivity contribution in [1.29, 1.82) is 0 Å². The lowest BCUT2D eigenvalue weighted by Gasteiger charge is -2.27. The highest BCUT2D eigenvalue weighted by Gasteiger charge is 2.43. The van der Waals surface area contributed by atoms with Crippen LogP contribution in [0.25, 0.3) is 0 Å². The molecule has 104 valence electrons. The summed E-state index contributed by atoms with van der Waals surface area (Å²) in [6.45, 7) is 6.38. The second-order valence-corrected chi connectivity index (χ2v) is 7.09. The predicted molar refractivity (Wildman–Crippen MR) is 72.0 cm³/mol. The fraction of sp³-hybridized carbons (Fsp3) is 0.933. The van der Waals surface area contributed by atoms with Gasteiger partial charge in [0.05, 0.1) is 5.60 Å². The van der Waals surface area contributed by atoms with Gasteiger partial charge in [-0.15, -0.1) is 0 Å². The summed E-state index contributed by atoms with van der Waals surface area (Å²) in [6.07, 6.45) is 5.60. The van der Waals surface area contributed by atoms with Crippen molar-refractivity contribution >= 4 is 5.91 Å². The van der Waals surface area contributed by atoms with Crippen molar-refractivity contribution in [3.05, 3.63) is 0 Å². The number of carbonyl (C=O) groups excluding carboxylic acids is 1. The molecule has 0 aromatic rings. The third-order valence-electron chi connectivity index (χ3n) is 4.57. The molecule has 18 heavy (non-hydrogen) atoms. The number of rotatable bonds is 5. The van der Waals surface area contributed by atoms with Gasteiger partial charge in [-0.25, -0.2) is 0 Å². The minimum atomic E-state index is -0.776. The van der Waals surface area contributed by atoms with Crippen molar-refractivity contribution < 1.29 is 9.90 Å². The van der Waals surface area contributed by atoms with E-state index in [1.165, 1.54) is 19.3 Å². The Kier molecular flexibility index (Phi) is 4.00. The van der Waals surface area contributed by atoms with Crippen LogP contribution in [0.15, 0.2) is 0 Å². The monoisotopic (exact) mass is 253 g/mol. The number of carbonyl (C=O) groups is 1. The first kappa shape index (κ1) is 13.9. The van der Waals surface area contributed by atoms with E-state index < -0.39 is 5.60 Å². The van der Waals surface area contributed by atoms with Crippen molar-refractivity contribution in [3.8, 4) is 0 Å². The molecule has 3 heteroatoms. The van der Waals surface area contributed by atoms with E-state index in [0.29, 0.717) is 18.4 Å². The van der Waals surface area contributed by atoms with Crippen LogP contribution in [-0.4, -0.2) is 23.2 Å². The molecule has 4 atom stereocenters. The number of hydrogen-bond donors (Lipinski definition) is 2. The lowest BCUT2D eigenvalue weighted by Crippen LogP contribution is -2.44. The molecule has 2 saturated carbocycles. The van der Waals surface area contributed by atoms with E-state index in [4.69, 9.17) is 0 Å². The summed E-state index contributed by atoms with van der Waals surface area (Å²) >= 11 is 0. The quantitative estimate of drug-likeness (QED) is 0.790. The van der Waals surface area contributed by atoms with E-state index in [9.17, 15) is 9.90 Å². The molecule has 0 spiro atoms. The summed E-state index contributed by atoms with van der Waals surface area (Å²) in [6, 6.07) is 0. The maximum Gasteiger partial charge on any atom is 0.223 e. The molecule has 0 aromatic carbocycles. The van der Waals surface area contributed by atoms with Gasteiger partial charge in [0.25, 0.3) is 0 Å². The van der Waals surface area contributed by atoms with Crippen LogP contribution in [0, 0.1) is 23.7 Å². The van der Waals surface area contributed by atoms with Crippen LogP contribution in [0.5, 0.6) is 0 Å². The van der Waals surface area contributed by atoms with Crippen LogP contribution >= 0.6 is 0 Å². The molecule has 1 amide bonds. The van der Waals surface area contributed by atoms with E-state index in [-0.39, 0.29) is 11.8 Å². The fourth-order valence-corrected chi connectivity index (χ4v) is 3.93. The molecular weight excluding hydrogens is 226 g/mol. The molecule has 0 radical (unpaired) electrons. The Morgan fingerprint density at radius 2 is 2.11 bits per heavy atom. The first-order valence-electron chi connectivity index (χ1n) is 7.37. The van der Waals surface area contributed by atoms with Crippen LogP contribution in [0.3, 0.4) is 0 Å².